The van der Waals surface area contributed by atoms with E-state index in [1.807, 2.05) is 22.9 Å². The van der Waals surface area contributed by atoms with Crippen LogP contribution >= 0.6 is 0 Å². The molecule has 1 saturated heterocycles. The van der Waals surface area contributed by atoms with Gasteiger partial charge in [0, 0.05) is 44.8 Å². The smallest absolute Gasteiger partial charge is 0.242 e. The van der Waals surface area contributed by atoms with Crippen LogP contribution in [-0.2, 0) is 10.2 Å². The second-order valence-electron chi connectivity index (χ2n) is 6.48. The van der Waals surface area contributed by atoms with Gasteiger partial charge in [-0.05, 0) is 6.07 Å². The van der Waals surface area contributed by atoms with Crippen molar-refractivity contribution < 1.29 is 4.79 Å². The maximum atomic E-state index is 12.3. The number of anilines is 1. The van der Waals surface area contributed by atoms with Gasteiger partial charge in [-0.1, -0.05) is 20.8 Å². The van der Waals surface area contributed by atoms with Gasteiger partial charge >= 0.3 is 0 Å². The third-order valence-electron chi connectivity index (χ3n) is 3.59. The summed E-state index contributed by atoms with van der Waals surface area (Å²) in [5.41, 5.74) is 0.954. The van der Waals surface area contributed by atoms with Crippen LogP contribution in [0.2, 0.25) is 0 Å². The van der Waals surface area contributed by atoms with Crippen molar-refractivity contribution in [1.29, 1.82) is 0 Å². The maximum Gasteiger partial charge on any atom is 0.242 e. The van der Waals surface area contributed by atoms with Crippen molar-refractivity contribution in [2.24, 2.45) is 0 Å². The van der Waals surface area contributed by atoms with E-state index in [0.29, 0.717) is 12.5 Å². The molecule has 2 rings (SSSR count). The number of aromatic nitrogens is 2. The van der Waals surface area contributed by atoms with Crippen molar-refractivity contribution >= 4 is 11.9 Å². The molecule has 1 aromatic rings. The topological polar surface area (TPSA) is 61.4 Å². The predicted molar refractivity (Wildman–Crippen MR) is 83.5 cm³/mol. The average Bonchev–Trinajstić information content (AvgIpc) is 2.47. The van der Waals surface area contributed by atoms with E-state index < -0.39 is 0 Å². The van der Waals surface area contributed by atoms with E-state index in [1.54, 1.807) is 6.20 Å². The number of nitrogens with one attached hydrogen (secondary N) is 1. The normalized spacial score (nSPS) is 15.9. The van der Waals surface area contributed by atoms with Crippen molar-refractivity contribution in [2.45, 2.75) is 26.2 Å². The molecular weight excluding hydrogens is 266 g/mol. The minimum absolute atomic E-state index is 0.0267. The Labute approximate surface area is 126 Å². The minimum Gasteiger partial charge on any atom is -0.339 e. The van der Waals surface area contributed by atoms with Gasteiger partial charge in [-0.15, -0.1) is 0 Å². The lowest BCUT2D eigenvalue weighted by atomic mass is 9.92. The van der Waals surface area contributed by atoms with Crippen LogP contribution in [0.15, 0.2) is 12.3 Å². The Morgan fingerprint density at radius 3 is 2.67 bits per heavy atom. The summed E-state index contributed by atoms with van der Waals surface area (Å²) in [4.78, 5) is 24.8. The van der Waals surface area contributed by atoms with Crippen molar-refractivity contribution in [3.8, 4) is 0 Å². The fourth-order valence-electron chi connectivity index (χ4n) is 2.24. The first-order valence-electron chi connectivity index (χ1n) is 7.41. The van der Waals surface area contributed by atoms with Crippen LogP contribution in [0, 0.1) is 0 Å². The summed E-state index contributed by atoms with van der Waals surface area (Å²) in [6.07, 6.45) is 1.76. The number of carbonyl (C=O) groups excluding carboxylic acids is 1. The van der Waals surface area contributed by atoms with Crippen LogP contribution in [0.1, 0.15) is 26.5 Å². The molecule has 0 atom stereocenters. The van der Waals surface area contributed by atoms with Crippen LogP contribution in [-0.4, -0.2) is 60.5 Å². The molecule has 116 valence electrons. The Morgan fingerprint density at radius 2 is 2.05 bits per heavy atom. The van der Waals surface area contributed by atoms with Gasteiger partial charge in [-0.3, -0.25) is 4.79 Å². The number of amides is 1. The highest BCUT2D eigenvalue weighted by molar-refractivity contribution is 5.80. The summed E-state index contributed by atoms with van der Waals surface area (Å²) < 4.78 is 0. The highest BCUT2D eigenvalue weighted by Gasteiger charge is 2.20. The summed E-state index contributed by atoms with van der Waals surface area (Å²) in [6.45, 7) is 9.94. The van der Waals surface area contributed by atoms with Crippen LogP contribution < -0.4 is 10.2 Å². The van der Waals surface area contributed by atoms with Gasteiger partial charge in [0.05, 0.1) is 12.2 Å². The average molecular weight is 291 g/mol. The molecule has 0 saturated carbocycles. The Morgan fingerprint density at radius 1 is 1.38 bits per heavy atom. The standard InChI is InChI=1S/C15H25N5O/c1-15(2,3)12-5-6-17-14(18-12)19(4)11-13(21)20-9-7-16-8-10-20/h5-6,16H,7-11H2,1-4H3. The molecule has 2 heterocycles. The van der Waals surface area contributed by atoms with Crippen molar-refractivity contribution in [3.63, 3.8) is 0 Å². The van der Waals surface area contributed by atoms with E-state index in [4.69, 9.17) is 0 Å². The van der Waals surface area contributed by atoms with E-state index in [9.17, 15) is 4.79 Å². The molecule has 0 unspecified atom stereocenters. The van der Waals surface area contributed by atoms with Gasteiger partial charge in [-0.2, -0.15) is 0 Å². The van der Waals surface area contributed by atoms with Gasteiger partial charge in [0.25, 0.3) is 0 Å². The van der Waals surface area contributed by atoms with Gasteiger partial charge in [0.1, 0.15) is 0 Å². The van der Waals surface area contributed by atoms with Crippen molar-refractivity contribution in [3.05, 3.63) is 18.0 Å². The van der Waals surface area contributed by atoms with Gasteiger partial charge in [0.15, 0.2) is 0 Å². The molecule has 1 N–H and O–H groups in total. The Hall–Kier alpha value is -1.69. The van der Waals surface area contributed by atoms with E-state index in [1.165, 1.54) is 0 Å². The fourth-order valence-corrected chi connectivity index (χ4v) is 2.24. The number of carbonyl (C=O) groups is 1. The summed E-state index contributed by atoms with van der Waals surface area (Å²) in [6, 6.07) is 1.93. The molecular formula is C15H25N5O. The van der Waals surface area contributed by atoms with E-state index >= 15 is 0 Å². The lowest BCUT2D eigenvalue weighted by Crippen LogP contribution is -2.49. The number of likely N-dealkylation sites (N-methyl/N-ethyl adjacent to an activating group) is 1. The molecule has 0 aliphatic carbocycles. The molecule has 1 amide bonds. The lowest BCUT2D eigenvalue weighted by molar-refractivity contribution is -0.130. The molecule has 0 spiro atoms. The highest BCUT2D eigenvalue weighted by Crippen LogP contribution is 2.20. The SMILES string of the molecule is CN(CC(=O)N1CCNCC1)c1nccc(C(C)(C)C)n1. The van der Waals surface area contributed by atoms with Crippen LogP contribution in [0.4, 0.5) is 5.95 Å². The van der Waals surface area contributed by atoms with Gasteiger partial charge in [-0.25, -0.2) is 9.97 Å². The highest BCUT2D eigenvalue weighted by atomic mass is 16.2. The number of piperazine rings is 1. The van der Waals surface area contributed by atoms with Crippen LogP contribution in [0.25, 0.3) is 0 Å². The van der Waals surface area contributed by atoms with Crippen molar-refractivity contribution in [1.82, 2.24) is 20.2 Å². The second-order valence-corrected chi connectivity index (χ2v) is 6.48. The summed E-state index contributed by atoms with van der Waals surface area (Å²) >= 11 is 0. The van der Waals surface area contributed by atoms with Crippen molar-refractivity contribution in [2.75, 3.05) is 44.7 Å². The lowest BCUT2D eigenvalue weighted by Gasteiger charge is -2.29. The monoisotopic (exact) mass is 291 g/mol. The molecule has 6 nitrogen and oxygen atoms in total. The number of hydrogen-bond donors (Lipinski definition) is 1. The molecule has 0 aromatic carbocycles. The molecule has 0 radical (unpaired) electrons. The maximum absolute atomic E-state index is 12.3. The number of hydrogen-bond acceptors (Lipinski definition) is 5. The Bertz CT molecular complexity index is 491. The quantitative estimate of drug-likeness (QED) is 0.885. The molecule has 1 aromatic heterocycles. The van der Waals surface area contributed by atoms with Gasteiger partial charge in [0.2, 0.25) is 11.9 Å². The molecule has 1 fully saturated rings. The first-order valence-corrected chi connectivity index (χ1v) is 7.41. The first kappa shape index (κ1) is 15.7. The predicted octanol–water partition coefficient (Wildman–Crippen LogP) is 0.642. The summed E-state index contributed by atoms with van der Waals surface area (Å²) in [5, 5.41) is 3.25. The molecule has 6 heteroatoms. The first-order chi connectivity index (χ1) is 9.88. The Balaban J connectivity index is 2.02. The Kier molecular flexibility index (Phi) is 4.77. The molecule has 1 aliphatic heterocycles. The second kappa shape index (κ2) is 6.39. The van der Waals surface area contributed by atoms with E-state index in [-0.39, 0.29) is 11.3 Å². The molecule has 0 bridgehead atoms. The fraction of sp³-hybridized carbons (Fsp3) is 0.667. The summed E-state index contributed by atoms with van der Waals surface area (Å²) in [5.74, 6) is 0.731. The largest absolute Gasteiger partial charge is 0.339 e. The minimum atomic E-state index is -0.0267. The molecule has 21 heavy (non-hydrogen) atoms. The molecule has 1 aliphatic rings. The third-order valence-corrected chi connectivity index (χ3v) is 3.59. The zero-order chi connectivity index (χ0) is 15.5. The zero-order valence-electron chi connectivity index (χ0n) is 13.4. The number of rotatable bonds is 3. The zero-order valence-corrected chi connectivity index (χ0v) is 13.4. The van der Waals surface area contributed by atoms with Gasteiger partial charge < -0.3 is 15.1 Å². The number of nitrogens with zero attached hydrogens (tertiary/aromatic N) is 4. The summed E-state index contributed by atoms with van der Waals surface area (Å²) in [7, 11) is 1.86. The van der Waals surface area contributed by atoms with E-state index in [2.05, 4.69) is 36.1 Å². The van der Waals surface area contributed by atoms with E-state index in [0.717, 1.165) is 31.9 Å². The third kappa shape index (κ3) is 4.14. The van der Waals surface area contributed by atoms with Crippen LogP contribution in [0.3, 0.4) is 0 Å². The van der Waals surface area contributed by atoms with Crippen LogP contribution in [0.5, 0.6) is 0 Å².